The zero-order valence-electron chi connectivity index (χ0n) is 16.6. The van der Waals surface area contributed by atoms with E-state index in [1.54, 1.807) is 43.4 Å². The van der Waals surface area contributed by atoms with Gasteiger partial charge in [-0.1, -0.05) is 18.2 Å². The Labute approximate surface area is 174 Å². The van der Waals surface area contributed by atoms with Crippen LogP contribution in [-0.2, 0) is 4.79 Å². The standard InChI is InChI=1S/C24H20N2O4/c1-28-19-11-9-18(10-12-19)26-22(17-6-4-7-20(14-17)29-2)23(24(26)27)30-21-8-3-5-16(13-21)15-25/h3-14,22-23H,1-2H3/t22-,23-/m0/s1. The average molecular weight is 400 g/mol. The molecule has 0 unspecified atom stereocenters. The van der Waals surface area contributed by atoms with Gasteiger partial charge in [-0.15, -0.1) is 0 Å². The monoisotopic (exact) mass is 400 g/mol. The molecule has 1 amide bonds. The van der Waals surface area contributed by atoms with Crippen LogP contribution >= 0.6 is 0 Å². The van der Waals surface area contributed by atoms with E-state index in [1.807, 2.05) is 48.5 Å². The number of nitrogens with zero attached hydrogens (tertiary/aromatic N) is 2. The van der Waals surface area contributed by atoms with Crippen LogP contribution < -0.4 is 19.1 Å². The molecule has 6 nitrogen and oxygen atoms in total. The van der Waals surface area contributed by atoms with Gasteiger partial charge in [0.2, 0.25) is 6.10 Å². The summed E-state index contributed by atoms with van der Waals surface area (Å²) in [5.41, 5.74) is 2.12. The number of carbonyl (C=O) groups is 1. The molecular formula is C24H20N2O4. The fraction of sp³-hybridized carbons (Fsp3) is 0.167. The van der Waals surface area contributed by atoms with Gasteiger partial charge in [-0.2, -0.15) is 5.26 Å². The van der Waals surface area contributed by atoms with E-state index in [4.69, 9.17) is 19.5 Å². The number of ether oxygens (including phenoxy) is 3. The highest BCUT2D eigenvalue weighted by Crippen LogP contribution is 2.42. The molecule has 2 atom stereocenters. The van der Waals surface area contributed by atoms with E-state index in [0.717, 1.165) is 11.3 Å². The highest BCUT2D eigenvalue weighted by Gasteiger charge is 2.51. The van der Waals surface area contributed by atoms with E-state index in [-0.39, 0.29) is 11.9 Å². The highest BCUT2D eigenvalue weighted by molar-refractivity contribution is 6.05. The molecule has 0 N–H and O–H groups in total. The van der Waals surface area contributed by atoms with E-state index in [0.29, 0.717) is 22.8 Å². The number of carbonyl (C=O) groups excluding carboxylic acids is 1. The summed E-state index contributed by atoms with van der Waals surface area (Å²) in [6.07, 6.45) is -0.715. The lowest BCUT2D eigenvalue weighted by Crippen LogP contribution is -2.61. The summed E-state index contributed by atoms with van der Waals surface area (Å²) in [6, 6.07) is 23.4. The minimum atomic E-state index is -0.715. The van der Waals surface area contributed by atoms with E-state index in [1.165, 1.54) is 0 Å². The van der Waals surface area contributed by atoms with E-state index in [9.17, 15) is 4.79 Å². The summed E-state index contributed by atoms with van der Waals surface area (Å²) >= 11 is 0. The minimum absolute atomic E-state index is 0.157. The number of β-lactam (4-membered cyclic amide) rings is 1. The van der Waals surface area contributed by atoms with Crippen molar-refractivity contribution in [2.75, 3.05) is 19.1 Å². The topological polar surface area (TPSA) is 71.8 Å². The van der Waals surface area contributed by atoms with Crippen molar-refractivity contribution in [3.8, 4) is 23.3 Å². The second-order valence-corrected chi connectivity index (χ2v) is 6.81. The van der Waals surface area contributed by atoms with E-state index >= 15 is 0 Å². The molecule has 0 bridgehead atoms. The van der Waals surface area contributed by atoms with Gasteiger partial charge in [0.15, 0.2) is 0 Å². The van der Waals surface area contributed by atoms with Gasteiger partial charge in [-0.05, 0) is 60.2 Å². The van der Waals surface area contributed by atoms with Crippen molar-refractivity contribution in [3.63, 3.8) is 0 Å². The molecule has 0 aliphatic carbocycles. The SMILES string of the molecule is COc1ccc(N2C(=O)[C@@H](Oc3cccc(C#N)c3)[C@@H]2c2cccc(OC)c2)cc1. The lowest BCUT2D eigenvalue weighted by molar-refractivity contribution is -0.135. The molecular weight excluding hydrogens is 380 g/mol. The van der Waals surface area contributed by atoms with Gasteiger partial charge in [-0.3, -0.25) is 9.69 Å². The van der Waals surface area contributed by atoms with Crippen molar-refractivity contribution in [2.24, 2.45) is 0 Å². The second kappa shape index (κ2) is 8.18. The number of hydrogen-bond acceptors (Lipinski definition) is 5. The first-order valence-electron chi connectivity index (χ1n) is 9.42. The van der Waals surface area contributed by atoms with Gasteiger partial charge in [0, 0.05) is 5.69 Å². The first-order valence-corrected chi connectivity index (χ1v) is 9.42. The first-order chi connectivity index (χ1) is 14.6. The van der Waals surface area contributed by atoms with Gasteiger partial charge in [0.25, 0.3) is 5.91 Å². The zero-order chi connectivity index (χ0) is 21.1. The van der Waals surface area contributed by atoms with Crippen LogP contribution in [0.5, 0.6) is 17.2 Å². The third kappa shape index (κ3) is 3.53. The summed E-state index contributed by atoms with van der Waals surface area (Å²) in [4.78, 5) is 14.8. The van der Waals surface area contributed by atoms with Crippen LogP contribution in [0, 0.1) is 11.3 Å². The first kappa shape index (κ1) is 19.3. The van der Waals surface area contributed by atoms with E-state index < -0.39 is 6.10 Å². The van der Waals surface area contributed by atoms with Gasteiger partial charge in [0.05, 0.1) is 25.9 Å². The van der Waals surface area contributed by atoms with Crippen LogP contribution in [-0.4, -0.2) is 26.2 Å². The molecule has 0 radical (unpaired) electrons. The molecule has 150 valence electrons. The minimum Gasteiger partial charge on any atom is -0.497 e. The summed E-state index contributed by atoms with van der Waals surface area (Å²) in [7, 11) is 3.20. The molecule has 1 aliphatic heterocycles. The smallest absolute Gasteiger partial charge is 0.271 e. The van der Waals surface area contributed by atoms with Crippen molar-refractivity contribution in [1.29, 1.82) is 5.26 Å². The normalized spacial score (nSPS) is 17.6. The number of nitriles is 1. The van der Waals surface area contributed by atoms with Crippen LogP contribution in [0.4, 0.5) is 5.69 Å². The number of hydrogen-bond donors (Lipinski definition) is 0. The Balaban J connectivity index is 1.69. The quantitative estimate of drug-likeness (QED) is 0.582. The molecule has 0 aromatic heterocycles. The second-order valence-electron chi connectivity index (χ2n) is 6.81. The Hall–Kier alpha value is -3.98. The fourth-order valence-corrected chi connectivity index (χ4v) is 3.54. The van der Waals surface area contributed by atoms with Crippen LogP contribution in [0.2, 0.25) is 0 Å². The summed E-state index contributed by atoms with van der Waals surface area (Å²) < 4.78 is 16.6. The maximum atomic E-state index is 13.1. The van der Waals surface area contributed by atoms with E-state index in [2.05, 4.69) is 6.07 Å². The van der Waals surface area contributed by atoms with Gasteiger partial charge in [0.1, 0.15) is 23.3 Å². The van der Waals surface area contributed by atoms with Gasteiger partial charge >= 0.3 is 0 Å². The molecule has 30 heavy (non-hydrogen) atoms. The van der Waals surface area contributed by atoms with Crippen LogP contribution in [0.25, 0.3) is 0 Å². The summed E-state index contributed by atoms with van der Waals surface area (Å²) in [6.45, 7) is 0. The lowest BCUT2D eigenvalue weighted by atomic mass is 9.89. The number of benzene rings is 3. The molecule has 1 aliphatic rings. The molecule has 1 fully saturated rings. The molecule has 6 heteroatoms. The molecule has 0 saturated carbocycles. The predicted octanol–water partition coefficient (Wildman–Crippen LogP) is 4.11. The highest BCUT2D eigenvalue weighted by atomic mass is 16.5. The maximum Gasteiger partial charge on any atom is 0.271 e. The lowest BCUT2D eigenvalue weighted by Gasteiger charge is -2.46. The third-order valence-electron chi connectivity index (χ3n) is 5.06. The zero-order valence-corrected chi connectivity index (χ0v) is 16.6. The van der Waals surface area contributed by atoms with Crippen LogP contribution in [0.1, 0.15) is 17.2 Å². The molecule has 1 saturated heterocycles. The van der Waals surface area contributed by atoms with Gasteiger partial charge < -0.3 is 14.2 Å². The molecule has 4 rings (SSSR count). The number of amides is 1. The van der Waals surface area contributed by atoms with Gasteiger partial charge in [-0.25, -0.2) is 0 Å². The molecule has 0 spiro atoms. The Morgan fingerprint density at radius 2 is 1.57 bits per heavy atom. The van der Waals surface area contributed by atoms with Crippen molar-refractivity contribution in [3.05, 3.63) is 83.9 Å². The number of rotatable bonds is 6. The van der Waals surface area contributed by atoms with Crippen molar-refractivity contribution >= 4 is 11.6 Å². The number of anilines is 1. The Bertz CT molecular complexity index is 1100. The van der Waals surface area contributed by atoms with Crippen molar-refractivity contribution < 1.29 is 19.0 Å². The summed E-state index contributed by atoms with van der Waals surface area (Å²) in [5.74, 6) is 1.74. The van der Waals surface area contributed by atoms with Crippen LogP contribution in [0.15, 0.2) is 72.8 Å². The Morgan fingerprint density at radius 1 is 0.867 bits per heavy atom. The van der Waals surface area contributed by atoms with Crippen molar-refractivity contribution in [2.45, 2.75) is 12.1 Å². The Kier molecular flexibility index (Phi) is 5.27. The third-order valence-corrected chi connectivity index (χ3v) is 5.06. The van der Waals surface area contributed by atoms with Crippen LogP contribution in [0.3, 0.4) is 0 Å². The summed E-state index contributed by atoms with van der Waals surface area (Å²) in [5, 5.41) is 9.14. The van der Waals surface area contributed by atoms with Crippen molar-refractivity contribution in [1.82, 2.24) is 0 Å². The predicted molar refractivity (Wildman–Crippen MR) is 112 cm³/mol. The molecule has 1 heterocycles. The molecule has 3 aromatic rings. The Morgan fingerprint density at radius 3 is 2.27 bits per heavy atom. The largest absolute Gasteiger partial charge is 0.497 e. The molecule has 3 aromatic carbocycles. The average Bonchev–Trinajstić information content (AvgIpc) is 2.81. The fourth-order valence-electron chi connectivity index (χ4n) is 3.54. The maximum absolute atomic E-state index is 13.1. The number of methoxy groups -OCH3 is 2.